The summed E-state index contributed by atoms with van der Waals surface area (Å²) in [6.07, 6.45) is -1.67. The first-order chi connectivity index (χ1) is 36.6. The Balaban J connectivity index is 1.66. The maximum Gasteiger partial charge on any atom is 0.326 e. The zero-order chi connectivity index (χ0) is 56.6. The zero-order valence-electron chi connectivity index (χ0n) is 43.0. The molecule has 0 saturated carbocycles. The third kappa shape index (κ3) is 21.1. The van der Waals surface area contributed by atoms with E-state index in [9.17, 15) is 53.4 Å². The number of rotatable bonds is 31. The number of phenolic OH excluding ortho intramolecular Hbond substituents is 1. The number of nitrogens with two attached hydrogens (primary N) is 5. The molecule has 0 bridgehead atoms. The fraction of sp³-hybridized carbons (Fsp3) is 0.370. The van der Waals surface area contributed by atoms with Gasteiger partial charge in [-0.2, -0.15) is 0 Å². The van der Waals surface area contributed by atoms with Gasteiger partial charge in [0.2, 0.25) is 47.3 Å². The molecule has 4 aromatic rings. The second-order valence-corrected chi connectivity index (χ2v) is 18.6. The number of aryl methyl sites for hydroxylation is 2. The van der Waals surface area contributed by atoms with Crippen molar-refractivity contribution in [3.8, 4) is 5.75 Å². The number of nitrogens with zero attached hydrogens (tertiary/aromatic N) is 1. The number of carboxylic acid groups (broad SMARTS) is 1. The molecule has 0 spiro atoms. The fourth-order valence-corrected chi connectivity index (χ4v) is 8.29. The highest BCUT2D eigenvalue weighted by atomic mass is 16.4. The molecule has 0 aliphatic heterocycles. The largest absolute Gasteiger partial charge is 0.508 e. The van der Waals surface area contributed by atoms with Crippen LogP contribution in [-0.2, 0) is 68.8 Å². The monoisotopic (exact) mass is 1060 g/mol. The second kappa shape index (κ2) is 30.5. The lowest BCUT2D eigenvalue weighted by molar-refractivity contribution is -0.142. The molecule has 412 valence electrons. The zero-order valence-corrected chi connectivity index (χ0v) is 43.0. The molecule has 18 N–H and O–H groups in total. The average Bonchev–Trinajstić information content (AvgIpc) is 3.38. The van der Waals surface area contributed by atoms with E-state index >= 15 is 0 Å². The van der Waals surface area contributed by atoms with Crippen LogP contribution in [0, 0.1) is 13.8 Å². The number of carbonyl (C=O) groups excluding carboxylic acids is 8. The quantitative estimate of drug-likeness (QED) is 0.0167. The molecule has 23 nitrogen and oxygen atoms in total. The lowest BCUT2D eigenvalue weighted by Crippen LogP contribution is -2.60. The van der Waals surface area contributed by atoms with Gasteiger partial charge in [0, 0.05) is 38.6 Å². The van der Waals surface area contributed by atoms with Gasteiger partial charge in [-0.3, -0.25) is 43.3 Å². The Morgan fingerprint density at radius 2 is 0.818 bits per heavy atom. The summed E-state index contributed by atoms with van der Waals surface area (Å²) >= 11 is 0. The number of aliphatic carboxylic acids is 1. The van der Waals surface area contributed by atoms with Crippen molar-refractivity contribution in [3.05, 3.63) is 137 Å². The highest BCUT2D eigenvalue weighted by Gasteiger charge is 2.34. The predicted molar refractivity (Wildman–Crippen MR) is 286 cm³/mol. The molecular weight excluding hydrogens is 993 g/mol. The number of hydrogen-bond acceptors (Lipinski definition) is 12. The van der Waals surface area contributed by atoms with E-state index in [2.05, 4.69) is 36.9 Å². The van der Waals surface area contributed by atoms with Gasteiger partial charge in [-0.05, 0) is 91.5 Å². The van der Waals surface area contributed by atoms with Gasteiger partial charge in [0.25, 0.3) is 0 Å². The van der Waals surface area contributed by atoms with E-state index in [0.29, 0.717) is 27.8 Å². The highest BCUT2D eigenvalue weighted by molar-refractivity contribution is 5.97. The van der Waals surface area contributed by atoms with Crippen molar-refractivity contribution < 1.29 is 53.4 Å². The smallest absolute Gasteiger partial charge is 0.326 e. The van der Waals surface area contributed by atoms with Crippen LogP contribution in [0.3, 0.4) is 0 Å². The third-order valence-corrected chi connectivity index (χ3v) is 12.4. The Morgan fingerprint density at radius 1 is 0.481 bits per heavy atom. The molecule has 0 saturated heterocycles. The van der Waals surface area contributed by atoms with Gasteiger partial charge >= 0.3 is 5.97 Å². The molecule has 0 fully saturated rings. The van der Waals surface area contributed by atoms with Crippen molar-refractivity contribution in [3.63, 3.8) is 0 Å². The molecule has 4 aromatic carbocycles. The molecule has 23 heteroatoms. The SMILES string of the molecule is Cc1cc(O)cc(C)c1C[C@H](N)C(=O)N[C@H](CCCN=C(N)N)C(=O)N[C@@H](Cc1ccccc1)C(=O)N[C@@H](Cc1ccccc1)C(=O)N[C@@H](CCC(N)=O)C(=O)N[C@@H](Cc1ccccc1)C(=O)N[C@@H](CCC(N)=O)C(=O)O. The van der Waals surface area contributed by atoms with E-state index in [1.165, 1.54) is 0 Å². The summed E-state index contributed by atoms with van der Waals surface area (Å²) in [6.45, 7) is 3.63. The van der Waals surface area contributed by atoms with Crippen LogP contribution in [0.25, 0.3) is 0 Å². The summed E-state index contributed by atoms with van der Waals surface area (Å²) in [5.41, 5.74) is 32.1. The Bertz CT molecular complexity index is 2680. The average molecular weight is 1060 g/mol. The van der Waals surface area contributed by atoms with Crippen molar-refractivity contribution >= 4 is 59.2 Å². The van der Waals surface area contributed by atoms with Crippen LogP contribution in [0.1, 0.15) is 71.9 Å². The van der Waals surface area contributed by atoms with Crippen molar-refractivity contribution in [1.29, 1.82) is 0 Å². The number of carbonyl (C=O) groups is 9. The van der Waals surface area contributed by atoms with Crippen LogP contribution in [0.4, 0.5) is 0 Å². The van der Waals surface area contributed by atoms with Crippen LogP contribution in [-0.4, -0.2) is 118 Å². The lowest BCUT2D eigenvalue weighted by Gasteiger charge is -2.28. The van der Waals surface area contributed by atoms with Crippen LogP contribution in [0.5, 0.6) is 5.75 Å². The number of phenols is 1. The molecule has 77 heavy (non-hydrogen) atoms. The Labute approximate surface area is 445 Å². The minimum atomic E-state index is -1.57. The molecule has 0 unspecified atom stereocenters. The van der Waals surface area contributed by atoms with Crippen molar-refractivity contribution in [2.24, 2.45) is 33.7 Å². The summed E-state index contributed by atoms with van der Waals surface area (Å²) in [4.78, 5) is 125. The van der Waals surface area contributed by atoms with Gasteiger partial charge in [-0.15, -0.1) is 0 Å². The van der Waals surface area contributed by atoms with Crippen LogP contribution in [0.15, 0.2) is 108 Å². The number of primary amides is 2. The number of aromatic hydroxyl groups is 1. The van der Waals surface area contributed by atoms with E-state index in [1.54, 1.807) is 117 Å². The number of amides is 8. The van der Waals surface area contributed by atoms with E-state index in [-0.39, 0.29) is 76.0 Å². The molecule has 0 heterocycles. The van der Waals surface area contributed by atoms with Crippen molar-refractivity contribution in [2.45, 2.75) is 120 Å². The van der Waals surface area contributed by atoms with Crippen LogP contribution >= 0.6 is 0 Å². The van der Waals surface area contributed by atoms with Gasteiger partial charge in [-0.25, -0.2) is 4.79 Å². The van der Waals surface area contributed by atoms with Crippen LogP contribution in [0.2, 0.25) is 0 Å². The van der Waals surface area contributed by atoms with E-state index in [1.807, 2.05) is 0 Å². The maximum absolute atomic E-state index is 14.7. The predicted octanol–water partition coefficient (Wildman–Crippen LogP) is -0.815. The molecule has 7 atom stereocenters. The normalized spacial score (nSPS) is 13.6. The first kappa shape index (κ1) is 60.7. The van der Waals surface area contributed by atoms with Gasteiger partial charge in [0.1, 0.15) is 42.0 Å². The summed E-state index contributed by atoms with van der Waals surface area (Å²) in [5, 5.41) is 35.6. The fourth-order valence-electron chi connectivity index (χ4n) is 8.29. The summed E-state index contributed by atoms with van der Waals surface area (Å²) in [7, 11) is 0. The van der Waals surface area contributed by atoms with E-state index in [0.717, 1.165) is 5.56 Å². The van der Waals surface area contributed by atoms with Crippen molar-refractivity contribution in [2.75, 3.05) is 6.54 Å². The summed E-state index contributed by atoms with van der Waals surface area (Å²) in [5.74, 6) is -8.40. The Hall–Kier alpha value is -8.86. The summed E-state index contributed by atoms with van der Waals surface area (Å²) < 4.78 is 0. The maximum atomic E-state index is 14.7. The number of nitrogens with one attached hydrogen (secondary N) is 6. The molecule has 0 aliphatic carbocycles. The number of hydrogen-bond donors (Lipinski definition) is 13. The highest BCUT2D eigenvalue weighted by Crippen LogP contribution is 2.22. The molecule has 0 aromatic heterocycles. The van der Waals surface area contributed by atoms with Crippen LogP contribution < -0.4 is 60.6 Å². The minimum Gasteiger partial charge on any atom is -0.508 e. The number of benzene rings is 4. The van der Waals surface area contributed by atoms with E-state index in [4.69, 9.17) is 28.7 Å². The molecule has 0 radical (unpaired) electrons. The van der Waals surface area contributed by atoms with Gasteiger partial charge in [-0.1, -0.05) is 91.0 Å². The minimum absolute atomic E-state index is 0.00485. The topological polar surface area (TPSA) is 409 Å². The van der Waals surface area contributed by atoms with E-state index < -0.39 is 102 Å². The molecule has 0 aliphatic rings. The van der Waals surface area contributed by atoms with Gasteiger partial charge in [0.05, 0.1) is 6.04 Å². The molecular formula is C54H70N12O11. The molecule has 4 rings (SSSR count). The lowest BCUT2D eigenvalue weighted by atomic mass is 9.95. The van der Waals surface area contributed by atoms with Gasteiger partial charge < -0.3 is 70.8 Å². The second-order valence-electron chi connectivity index (χ2n) is 18.6. The first-order valence-electron chi connectivity index (χ1n) is 24.9. The number of aliphatic imine (C=N–C) groups is 1. The Kier molecular flexibility index (Phi) is 24.0. The van der Waals surface area contributed by atoms with Gasteiger partial charge in [0.15, 0.2) is 5.96 Å². The summed E-state index contributed by atoms with van der Waals surface area (Å²) in [6, 6.07) is 18.8. The Morgan fingerprint density at radius 3 is 1.19 bits per heavy atom. The first-order valence-corrected chi connectivity index (χ1v) is 24.9. The van der Waals surface area contributed by atoms with Crippen molar-refractivity contribution in [1.82, 2.24) is 31.9 Å². The standard InChI is InChI=1S/C54H70N12O11/c1-31-25-36(67)26-32(2)37(31)30-38(55)47(70)61-39(19-12-24-60-54(58)59)48(71)64-44(29-35-17-10-5-11-18-35)52(75)66-42(27-33-13-6-3-7-14-33)50(73)62-40(20-22-45(56)68)49(72)65-43(28-34-15-8-4-9-16-34)51(74)63-41(53(76)77)21-23-46(57)69/h3-11,13-18,25-26,38-44,67H,12,19-24,27-30,55H2,1-2H3,(H2,56,68)(H2,57,69)(H,61,70)(H,62,73)(H,63,74)(H,64,71)(H,65,72)(H,66,75)(H,76,77)(H4,58,59,60)/t38-,39+,40-,41-,42-,43-,44-/m0/s1. The number of carboxylic acids is 1. The third-order valence-electron chi connectivity index (χ3n) is 12.4. The number of guanidine groups is 1. The molecule has 8 amide bonds.